The van der Waals surface area contributed by atoms with Crippen LogP contribution in [0.5, 0.6) is 0 Å². The summed E-state index contributed by atoms with van der Waals surface area (Å²) in [4.78, 5) is 22.7. The first-order valence-corrected chi connectivity index (χ1v) is 5.79. The minimum absolute atomic E-state index is 0.266. The third kappa shape index (κ3) is 4.19. The number of amides is 1. The highest BCUT2D eigenvalue weighted by Gasteiger charge is 2.33. The van der Waals surface area contributed by atoms with Gasteiger partial charge in [-0.05, 0) is 32.0 Å². The van der Waals surface area contributed by atoms with Crippen LogP contribution in [0.25, 0.3) is 0 Å². The third-order valence-corrected chi connectivity index (χ3v) is 2.82. The molecule has 8 heteroatoms. The number of carboxylic acids is 1. The van der Waals surface area contributed by atoms with Gasteiger partial charge in [-0.3, -0.25) is 4.79 Å². The lowest BCUT2D eigenvalue weighted by molar-refractivity contribution is -0.137. The maximum Gasteiger partial charge on any atom is 0.416 e. The van der Waals surface area contributed by atoms with Crippen LogP contribution in [-0.4, -0.2) is 29.7 Å². The number of methoxy groups -OCH3 is 1. The second kappa shape index (κ2) is 5.72. The second-order valence-electron chi connectivity index (χ2n) is 4.77. The Morgan fingerprint density at radius 2 is 1.76 bits per heavy atom. The lowest BCUT2D eigenvalue weighted by Gasteiger charge is -2.22. The number of hydrogen-bond donors (Lipinski definition) is 2. The van der Waals surface area contributed by atoms with E-state index in [9.17, 15) is 22.8 Å². The van der Waals surface area contributed by atoms with Crippen molar-refractivity contribution in [3.8, 4) is 0 Å². The Labute approximate surface area is 118 Å². The maximum absolute atomic E-state index is 12.7. The van der Waals surface area contributed by atoms with Crippen molar-refractivity contribution in [2.75, 3.05) is 12.4 Å². The molecular formula is C13H14F3NO4. The monoisotopic (exact) mass is 305 g/mol. The minimum atomic E-state index is -4.72. The Bertz CT molecular complexity index is 567. The highest BCUT2D eigenvalue weighted by Crippen LogP contribution is 2.32. The molecule has 1 rings (SSSR count). The van der Waals surface area contributed by atoms with Gasteiger partial charge in [0.2, 0.25) is 0 Å². The van der Waals surface area contributed by atoms with Gasteiger partial charge in [-0.25, -0.2) is 4.79 Å². The van der Waals surface area contributed by atoms with Gasteiger partial charge >= 0.3 is 12.1 Å². The van der Waals surface area contributed by atoms with E-state index in [0.717, 1.165) is 6.07 Å². The van der Waals surface area contributed by atoms with E-state index in [1.54, 1.807) is 0 Å². The van der Waals surface area contributed by atoms with Crippen LogP contribution in [0, 0.1) is 0 Å². The zero-order valence-electron chi connectivity index (χ0n) is 11.5. The molecule has 0 bridgehead atoms. The van der Waals surface area contributed by atoms with Crippen LogP contribution in [0.4, 0.5) is 18.9 Å². The number of benzene rings is 1. The molecule has 0 saturated carbocycles. The fourth-order valence-corrected chi connectivity index (χ4v) is 1.36. The number of halogens is 3. The number of rotatable bonds is 4. The molecule has 1 aromatic carbocycles. The molecule has 0 radical (unpaired) electrons. The normalized spacial score (nSPS) is 12.1. The van der Waals surface area contributed by atoms with Crippen molar-refractivity contribution >= 4 is 17.6 Å². The summed E-state index contributed by atoms with van der Waals surface area (Å²) in [7, 11) is 1.27. The number of aromatic carboxylic acids is 1. The van der Waals surface area contributed by atoms with Crippen molar-refractivity contribution in [2.24, 2.45) is 0 Å². The van der Waals surface area contributed by atoms with Gasteiger partial charge in [0.05, 0.1) is 11.1 Å². The first kappa shape index (κ1) is 17.0. The highest BCUT2D eigenvalue weighted by molar-refractivity contribution is 5.98. The van der Waals surface area contributed by atoms with Gasteiger partial charge in [0.15, 0.2) is 0 Å². The standard InChI is InChI=1S/C13H14F3NO4/c1-12(2,21-3)11(20)17-9-5-7(10(18)19)4-8(6-9)13(14,15)16/h4-6H,1-3H3,(H,17,20)(H,18,19). The summed E-state index contributed by atoms with van der Waals surface area (Å²) in [5.41, 5.74) is -3.27. The van der Waals surface area contributed by atoms with Gasteiger partial charge in [0.25, 0.3) is 5.91 Å². The molecule has 0 unspecified atom stereocenters. The zero-order chi connectivity index (χ0) is 16.4. The molecule has 21 heavy (non-hydrogen) atoms. The molecule has 0 aliphatic heterocycles. The Balaban J connectivity index is 3.21. The molecule has 0 aliphatic rings. The molecule has 0 aliphatic carbocycles. The molecule has 0 atom stereocenters. The van der Waals surface area contributed by atoms with E-state index in [4.69, 9.17) is 9.84 Å². The number of nitrogens with one attached hydrogen (secondary N) is 1. The predicted octanol–water partition coefficient (Wildman–Crippen LogP) is 2.77. The molecule has 0 aromatic heterocycles. The number of carbonyl (C=O) groups is 2. The molecule has 116 valence electrons. The summed E-state index contributed by atoms with van der Waals surface area (Å²) in [5, 5.41) is 11.0. The number of ether oxygens (including phenoxy) is 1. The summed E-state index contributed by atoms with van der Waals surface area (Å²) >= 11 is 0. The van der Waals surface area contributed by atoms with Gasteiger partial charge in [-0.15, -0.1) is 0 Å². The van der Waals surface area contributed by atoms with Crippen LogP contribution in [-0.2, 0) is 15.7 Å². The van der Waals surface area contributed by atoms with Gasteiger partial charge < -0.3 is 15.2 Å². The van der Waals surface area contributed by atoms with Crippen molar-refractivity contribution in [3.05, 3.63) is 29.3 Å². The van der Waals surface area contributed by atoms with Gasteiger partial charge in [-0.1, -0.05) is 0 Å². The van der Waals surface area contributed by atoms with Crippen molar-refractivity contribution < 1.29 is 32.6 Å². The van der Waals surface area contributed by atoms with Crippen molar-refractivity contribution in [2.45, 2.75) is 25.6 Å². The average molecular weight is 305 g/mol. The summed E-state index contributed by atoms with van der Waals surface area (Å²) in [5.74, 6) is -2.22. The molecule has 1 aromatic rings. The van der Waals surface area contributed by atoms with E-state index < -0.39 is 34.8 Å². The average Bonchev–Trinajstić information content (AvgIpc) is 2.37. The van der Waals surface area contributed by atoms with Crippen LogP contribution in [0.3, 0.4) is 0 Å². The SMILES string of the molecule is COC(C)(C)C(=O)Nc1cc(C(=O)O)cc(C(F)(F)F)c1. The van der Waals surface area contributed by atoms with Crippen molar-refractivity contribution in [3.63, 3.8) is 0 Å². The smallest absolute Gasteiger partial charge is 0.416 e. The Hall–Kier alpha value is -2.09. The number of carbonyl (C=O) groups excluding carboxylic acids is 1. The predicted molar refractivity (Wildman–Crippen MR) is 68.1 cm³/mol. The second-order valence-corrected chi connectivity index (χ2v) is 4.77. The van der Waals surface area contributed by atoms with E-state index in [-0.39, 0.29) is 5.69 Å². The molecule has 2 N–H and O–H groups in total. The lowest BCUT2D eigenvalue weighted by atomic mass is 10.1. The topological polar surface area (TPSA) is 75.6 Å². The van der Waals surface area contributed by atoms with Crippen LogP contribution >= 0.6 is 0 Å². The summed E-state index contributed by atoms with van der Waals surface area (Å²) in [6, 6.07) is 2.11. The van der Waals surface area contributed by atoms with Crippen LogP contribution in [0.15, 0.2) is 18.2 Å². The largest absolute Gasteiger partial charge is 0.478 e. The van der Waals surface area contributed by atoms with Crippen LogP contribution in [0.1, 0.15) is 29.8 Å². The first-order chi connectivity index (χ1) is 9.47. The molecule has 0 saturated heterocycles. The molecule has 0 heterocycles. The number of hydrogen-bond acceptors (Lipinski definition) is 3. The third-order valence-electron chi connectivity index (χ3n) is 2.82. The summed E-state index contributed by atoms with van der Waals surface area (Å²) in [6.45, 7) is 2.85. The van der Waals surface area contributed by atoms with Crippen molar-refractivity contribution in [1.29, 1.82) is 0 Å². The lowest BCUT2D eigenvalue weighted by Crippen LogP contribution is -2.38. The molecule has 0 fully saturated rings. The van der Waals surface area contributed by atoms with E-state index in [1.165, 1.54) is 21.0 Å². The number of anilines is 1. The van der Waals surface area contributed by atoms with Crippen molar-refractivity contribution in [1.82, 2.24) is 0 Å². The van der Waals surface area contributed by atoms with Gasteiger partial charge in [-0.2, -0.15) is 13.2 Å². The summed E-state index contributed by atoms with van der Waals surface area (Å²) < 4.78 is 43.1. The van der Waals surface area contributed by atoms with E-state index in [0.29, 0.717) is 12.1 Å². The maximum atomic E-state index is 12.7. The van der Waals surface area contributed by atoms with Gasteiger partial charge in [0.1, 0.15) is 5.60 Å². The highest BCUT2D eigenvalue weighted by atomic mass is 19.4. The van der Waals surface area contributed by atoms with Gasteiger partial charge in [0, 0.05) is 12.8 Å². The zero-order valence-corrected chi connectivity index (χ0v) is 11.5. The Morgan fingerprint density at radius 3 is 2.19 bits per heavy atom. The first-order valence-electron chi connectivity index (χ1n) is 5.79. The Kier molecular flexibility index (Phi) is 4.62. The fourth-order valence-electron chi connectivity index (χ4n) is 1.36. The number of carboxylic acid groups (broad SMARTS) is 1. The Morgan fingerprint density at radius 1 is 1.19 bits per heavy atom. The quantitative estimate of drug-likeness (QED) is 0.897. The summed E-state index contributed by atoms with van der Waals surface area (Å²) in [6.07, 6.45) is -4.72. The van der Waals surface area contributed by atoms with Crippen LogP contribution < -0.4 is 5.32 Å². The minimum Gasteiger partial charge on any atom is -0.478 e. The van der Waals surface area contributed by atoms with E-state index in [1.807, 2.05) is 0 Å². The van der Waals surface area contributed by atoms with Crippen LogP contribution in [0.2, 0.25) is 0 Å². The molecule has 1 amide bonds. The van der Waals surface area contributed by atoms with E-state index >= 15 is 0 Å². The molecule has 0 spiro atoms. The van der Waals surface area contributed by atoms with E-state index in [2.05, 4.69) is 5.32 Å². The number of alkyl halides is 3. The molecular weight excluding hydrogens is 291 g/mol. The molecule has 5 nitrogen and oxygen atoms in total. The fraction of sp³-hybridized carbons (Fsp3) is 0.385.